The van der Waals surface area contributed by atoms with E-state index in [9.17, 15) is 4.39 Å². The summed E-state index contributed by atoms with van der Waals surface area (Å²) in [5, 5.41) is 0.724. The van der Waals surface area contributed by atoms with Gasteiger partial charge in [-0.1, -0.05) is 6.92 Å². The summed E-state index contributed by atoms with van der Waals surface area (Å²) in [6.07, 6.45) is 0.698. The second-order valence-electron chi connectivity index (χ2n) is 4.04. The predicted octanol–water partition coefficient (Wildman–Crippen LogP) is 3.00. The van der Waals surface area contributed by atoms with Gasteiger partial charge >= 0.3 is 0 Å². The highest BCUT2D eigenvalue weighted by Crippen LogP contribution is 2.26. The van der Waals surface area contributed by atoms with Crippen LogP contribution in [0.4, 0.5) is 4.39 Å². The van der Waals surface area contributed by atoms with E-state index >= 15 is 0 Å². The van der Waals surface area contributed by atoms with Gasteiger partial charge < -0.3 is 14.9 Å². The predicted molar refractivity (Wildman–Crippen MR) is 64.2 cm³/mol. The van der Waals surface area contributed by atoms with E-state index in [0.29, 0.717) is 11.3 Å². The van der Waals surface area contributed by atoms with Crippen LogP contribution >= 0.6 is 0 Å². The highest BCUT2D eigenvalue weighted by Gasteiger charge is 2.21. The van der Waals surface area contributed by atoms with E-state index in [1.807, 2.05) is 6.92 Å². The Hall–Kier alpha value is -1.39. The van der Waals surface area contributed by atoms with E-state index in [-0.39, 0.29) is 18.0 Å². The molecule has 0 spiro atoms. The highest BCUT2D eigenvalue weighted by molar-refractivity contribution is 5.78. The maximum absolute atomic E-state index is 13.0. The van der Waals surface area contributed by atoms with Gasteiger partial charge in [-0.3, -0.25) is 0 Å². The highest BCUT2D eigenvalue weighted by atomic mass is 19.1. The lowest BCUT2D eigenvalue weighted by Crippen LogP contribution is -2.26. The lowest BCUT2D eigenvalue weighted by molar-refractivity contribution is 0.0714. The van der Waals surface area contributed by atoms with E-state index in [2.05, 4.69) is 0 Å². The van der Waals surface area contributed by atoms with Gasteiger partial charge in [0, 0.05) is 12.5 Å². The van der Waals surface area contributed by atoms with Crippen LogP contribution in [-0.4, -0.2) is 13.2 Å². The Labute approximate surface area is 99.4 Å². The molecule has 0 amide bonds. The number of benzene rings is 1. The fraction of sp³-hybridized carbons (Fsp3) is 0.385. The molecule has 2 rings (SSSR count). The number of methoxy groups -OCH3 is 1. The van der Waals surface area contributed by atoms with E-state index in [4.69, 9.17) is 14.9 Å². The van der Waals surface area contributed by atoms with Gasteiger partial charge in [-0.25, -0.2) is 4.39 Å². The van der Waals surface area contributed by atoms with Crippen molar-refractivity contribution in [1.29, 1.82) is 0 Å². The molecule has 2 N–H and O–H groups in total. The van der Waals surface area contributed by atoms with Crippen molar-refractivity contribution in [3.8, 4) is 0 Å². The molecule has 0 aliphatic carbocycles. The topological polar surface area (TPSA) is 48.4 Å². The molecule has 2 atom stereocenters. The molecule has 0 bridgehead atoms. The Balaban J connectivity index is 2.35. The zero-order chi connectivity index (χ0) is 12.4. The Bertz CT molecular complexity index is 505. The molecule has 0 saturated carbocycles. The van der Waals surface area contributed by atoms with Crippen LogP contribution in [0.3, 0.4) is 0 Å². The number of ether oxygens (including phenoxy) is 1. The largest absolute Gasteiger partial charge is 0.459 e. The van der Waals surface area contributed by atoms with Crippen LogP contribution in [0.1, 0.15) is 25.1 Å². The van der Waals surface area contributed by atoms with Crippen molar-refractivity contribution in [2.24, 2.45) is 5.73 Å². The summed E-state index contributed by atoms with van der Waals surface area (Å²) in [4.78, 5) is 0. The smallest absolute Gasteiger partial charge is 0.134 e. The monoisotopic (exact) mass is 237 g/mol. The third-order valence-corrected chi connectivity index (χ3v) is 2.93. The summed E-state index contributed by atoms with van der Waals surface area (Å²) in [6.45, 7) is 2.00. The summed E-state index contributed by atoms with van der Waals surface area (Å²) >= 11 is 0. The summed E-state index contributed by atoms with van der Waals surface area (Å²) in [6, 6.07) is 5.84. The van der Waals surface area contributed by atoms with Crippen molar-refractivity contribution in [3.05, 3.63) is 35.8 Å². The lowest BCUT2D eigenvalue weighted by Gasteiger charge is -2.18. The van der Waals surface area contributed by atoms with Crippen molar-refractivity contribution in [2.75, 3.05) is 7.11 Å². The number of hydrogen-bond donors (Lipinski definition) is 1. The van der Waals surface area contributed by atoms with Gasteiger partial charge in [-0.05, 0) is 30.7 Å². The minimum atomic E-state index is -0.333. The molecule has 1 aromatic carbocycles. The molecule has 17 heavy (non-hydrogen) atoms. The van der Waals surface area contributed by atoms with Gasteiger partial charge in [0.15, 0.2) is 0 Å². The number of nitrogens with two attached hydrogens (primary N) is 1. The summed E-state index contributed by atoms with van der Waals surface area (Å²) in [7, 11) is 1.62. The molecular formula is C13H16FNO2. The normalized spacial score (nSPS) is 15.1. The van der Waals surface area contributed by atoms with Crippen LogP contribution in [0.2, 0.25) is 0 Å². The zero-order valence-corrected chi connectivity index (χ0v) is 9.94. The first-order valence-electron chi connectivity index (χ1n) is 5.63. The molecule has 2 unspecified atom stereocenters. The average molecular weight is 237 g/mol. The van der Waals surface area contributed by atoms with Crippen molar-refractivity contribution in [3.63, 3.8) is 0 Å². The molecule has 0 aliphatic heterocycles. The molecule has 0 saturated heterocycles. The molecule has 1 aromatic heterocycles. The zero-order valence-electron chi connectivity index (χ0n) is 9.94. The van der Waals surface area contributed by atoms with Crippen LogP contribution in [-0.2, 0) is 4.74 Å². The van der Waals surface area contributed by atoms with Gasteiger partial charge in [0.1, 0.15) is 17.2 Å². The van der Waals surface area contributed by atoms with E-state index in [1.165, 1.54) is 12.1 Å². The van der Waals surface area contributed by atoms with Crippen molar-refractivity contribution >= 4 is 11.0 Å². The molecule has 0 radical (unpaired) electrons. The fourth-order valence-corrected chi connectivity index (χ4v) is 1.95. The molecule has 1 heterocycles. The Morgan fingerprint density at radius 1 is 1.41 bits per heavy atom. The Kier molecular flexibility index (Phi) is 3.45. The van der Waals surface area contributed by atoms with Gasteiger partial charge in [-0.15, -0.1) is 0 Å². The SMILES string of the molecule is CCC(OC)C(N)c1cc2cc(F)ccc2o1. The van der Waals surface area contributed by atoms with Crippen LogP contribution < -0.4 is 5.73 Å². The number of rotatable bonds is 4. The second-order valence-corrected chi connectivity index (χ2v) is 4.04. The fourth-order valence-electron chi connectivity index (χ4n) is 1.95. The first kappa shape index (κ1) is 12.1. The molecule has 0 fully saturated rings. The lowest BCUT2D eigenvalue weighted by atomic mass is 10.1. The maximum atomic E-state index is 13.0. The van der Waals surface area contributed by atoms with Crippen molar-refractivity contribution in [1.82, 2.24) is 0 Å². The van der Waals surface area contributed by atoms with Gasteiger partial charge in [0.25, 0.3) is 0 Å². The molecule has 0 aliphatic rings. The number of fused-ring (bicyclic) bond motifs is 1. The van der Waals surface area contributed by atoms with Crippen LogP contribution in [0.15, 0.2) is 28.7 Å². The molecular weight excluding hydrogens is 221 g/mol. The second kappa shape index (κ2) is 4.85. The summed E-state index contributed by atoms with van der Waals surface area (Å²) in [5.41, 5.74) is 6.69. The first-order valence-corrected chi connectivity index (χ1v) is 5.63. The number of halogens is 1. The maximum Gasteiger partial charge on any atom is 0.134 e. The number of furan rings is 1. The molecule has 2 aromatic rings. The minimum absolute atomic E-state index is 0.0968. The van der Waals surface area contributed by atoms with Crippen LogP contribution in [0, 0.1) is 5.82 Å². The standard InChI is InChI=1S/C13H16FNO2/c1-3-10(16-2)13(15)12-7-8-6-9(14)4-5-11(8)17-12/h4-7,10,13H,3,15H2,1-2H3. The van der Waals surface area contributed by atoms with Gasteiger partial charge in [-0.2, -0.15) is 0 Å². The Morgan fingerprint density at radius 2 is 2.18 bits per heavy atom. The average Bonchev–Trinajstić information content (AvgIpc) is 2.73. The van der Waals surface area contributed by atoms with Crippen molar-refractivity contribution < 1.29 is 13.5 Å². The van der Waals surface area contributed by atoms with Gasteiger partial charge in [0.05, 0.1) is 12.1 Å². The molecule has 3 nitrogen and oxygen atoms in total. The Morgan fingerprint density at radius 3 is 2.82 bits per heavy atom. The minimum Gasteiger partial charge on any atom is -0.459 e. The third kappa shape index (κ3) is 2.33. The van der Waals surface area contributed by atoms with E-state index in [0.717, 1.165) is 11.8 Å². The summed E-state index contributed by atoms with van der Waals surface area (Å²) < 4.78 is 23.9. The van der Waals surface area contributed by atoms with Crippen LogP contribution in [0.5, 0.6) is 0 Å². The third-order valence-electron chi connectivity index (χ3n) is 2.93. The van der Waals surface area contributed by atoms with Gasteiger partial charge in [0.2, 0.25) is 0 Å². The van der Waals surface area contributed by atoms with Crippen molar-refractivity contribution in [2.45, 2.75) is 25.5 Å². The van der Waals surface area contributed by atoms with Crippen LogP contribution in [0.25, 0.3) is 11.0 Å². The van der Waals surface area contributed by atoms with E-state index < -0.39 is 0 Å². The first-order chi connectivity index (χ1) is 8.15. The molecule has 4 heteroatoms. The summed E-state index contributed by atoms with van der Waals surface area (Å²) in [5.74, 6) is 0.344. The number of hydrogen-bond acceptors (Lipinski definition) is 3. The molecule has 92 valence electrons. The quantitative estimate of drug-likeness (QED) is 0.889. The van der Waals surface area contributed by atoms with E-state index in [1.54, 1.807) is 19.2 Å².